The minimum atomic E-state index is -3.57. The quantitative estimate of drug-likeness (QED) is 0.138. The molecule has 1 aliphatic heterocycles. The SMILES string of the molecule is CC(OCCS(=O)(=O)c1ccccc1)C1(c2cc3c(Nc4ccc(OCc5cccc(F)c5)c(Br)c4)ncnc3cc2F)CC=CO1. The Bertz CT molecular complexity index is 2040. The van der Waals surface area contributed by atoms with E-state index in [9.17, 15) is 12.8 Å². The predicted molar refractivity (Wildman–Crippen MR) is 178 cm³/mol. The van der Waals surface area contributed by atoms with Crippen molar-refractivity contribution in [3.05, 3.63) is 131 Å². The van der Waals surface area contributed by atoms with Crippen LogP contribution in [0.4, 0.5) is 20.3 Å². The van der Waals surface area contributed by atoms with E-state index in [-0.39, 0.29) is 35.2 Å². The molecule has 5 aromatic rings. The van der Waals surface area contributed by atoms with Gasteiger partial charge in [0.05, 0.1) is 39.6 Å². The number of halogens is 3. The molecule has 12 heteroatoms. The maximum absolute atomic E-state index is 15.8. The van der Waals surface area contributed by atoms with Crippen LogP contribution in [0.25, 0.3) is 10.9 Å². The molecule has 1 aliphatic rings. The molecule has 0 bridgehead atoms. The van der Waals surface area contributed by atoms with E-state index in [1.165, 1.54) is 30.8 Å². The minimum Gasteiger partial charge on any atom is -0.488 e. The molecule has 2 unspecified atom stereocenters. The smallest absolute Gasteiger partial charge is 0.180 e. The molecule has 0 amide bonds. The van der Waals surface area contributed by atoms with Crippen molar-refractivity contribution < 1.29 is 31.4 Å². The fraction of sp³-hybridized carbons (Fsp3) is 0.200. The summed E-state index contributed by atoms with van der Waals surface area (Å²) in [5, 5.41) is 3.82. The zero-order valence-corrected chi connectivity index (χ0v) is 27.6. The first-order valence-electron chi connectivity index (χ1n) is 14.8. The first-order chi connectivity index (χ1) is 22.6. The maximum atomic E-state index is 15.8. The fourth-order valence-corrected chi connectivity index (χ4v) is 7.05. The molecule has 0 saturated heterocycles. The lowest BCUT2D eigenvalue weighted by Crippen LogP contribution is -2.40. The number of hydrogen-bond donors (Lipinski definition) is 1. The number of benzene rings is 4. The van der Waals surface area contributed by atoms with Gasteiger partial charge >= 0.3 is 0 Å². The van der Waals surface area contributed by atoms with Gasteiger partial charge < -0.3 is 19.5 Å². The van der Waals surface area contributed by atoms with E-state index in [1.807, 2.05) is 6.07 Å². The lowest BCUT2D eigenvalue weighted by atomic mass is 9.85. The molecular weight excluding hydrogens is 692 g/mol. The topological polar surface area (TPSA) is 99.6 Å². The number of sulfone groups is 1. The van der Waals surface area contributed by atoms with Gasteiger partial charge in [-0.2, -0.15) is 0 Å². The van der Waals surface area contributed by atoms with Crippen LogP contribution < -0.4 is 10.1 Å². The van der Waals surface area contributed by atoms with Crippen molar-refractivity contribution in [3.63, 3.8) is 0 Å². The summed E-state index contributed by atoms with van der Waals surface area (Å²) < 4.78 is 73.5. The van der Waals surface area contributed by atoms with Crippen LogP contribution in [-0.2, 0) is 31.5 Å². The van der Waals surface area contributed by atoms with Crippen molar-refractivity contribution >= 4 is 48.2 Å². The molecule has 0 saturated carbocycles. The van der Waals surface area contributed by atoms with Crippen molar-refractivity contribution in [2.24, 2.45) is 0 Å². The Kier molecular flexibility index (Phi) is 9.53. The standard InChI is InChI=1S/C35H30BrF2N3O5S/c1-23(44-15-16-47(42,43)27-9-3-2-4-10-27)35(13-6-14-46-35)29-19-28-32(20-31(29)38)39-22-40-34(28)41-26-11-12-33(30(36)18-26)45-21-24-7-5-8-25(37)17-24/h2-12,14,17-20,22-23H,13,15-16,21H2,1H3,(H,39,40,41). The zero-order chi connectivity index (χ0) is 33.0. The number of aromatic nitrogens is 2. The maximum Gasteiger partial charge on any atom is 0.180 e. The van der Waals surface area contributed by atoms with Crippen molar-refractivity contribution in [3.8, 4) is 5.75 Å². The average molecular weight is 723 g/mol. The molecule has 2 heterocycles. The number of ether oxygens (including phenoxy) is 3. The normalized spacial score (nSPS) is 16.6. The van der Waals surface area contributed by atoms with E-state index in [2.05, 4.69) is 31.2 Å². The average Bonchev–Trinajstić information content (AvgIpc) is 3.56. The van der Waals surface area contributed by atoms with E-state index in [1.54, 1.807) is 73.7 Å². The van der Waals surface area contributed by atoms with E-state index in [0.29, 0.717) is 44.6 Å². The highest BCUT2D eigenvalue weighted by Gasteiger charge is 2.44. The summed E-state index contributed by atoms with van der Waals surface area (Å²) in [6, 6.07) is 22.7. The highest BCUT2D eigenvalue weighted by atomic mass is 79.9. The number of rotatable bonds is 12. The monoisotopic (exact) mass is 721 g/mol. The molecule has 47 heavy (non-hydrogen) atoms. The Morgan fingerprint density at radius 3 is 2.60 bits per heavy atom. The third-order valence-electron chi connectivity index (χ3n) is 7.93. The molecule has 1 N–H and O–H groups in total. The van der Waals surface area contributed by atoms with Crippen molar-refractivity contribution in [1.29, 1.82) is 0 Å². The van der Waals surface area contributed by atoms with E-state index >= 15 is 4.39 Å². The van der Waals surface area contributed by atoms with Gasteiger partial charge in [-0.15, -0.1) is 0 Å². The van der Waals surface area contributed by atoms with Crippen LogP contribution in [-0.4, -0.2) is 36.8 Å². The van der Waals surface area contributed by atoms with Crippen molar-refractivity contribution in [2.75, 3.05) is 17.7 Å². The summed E-state index contributed by atoms with van der Waals surface area (Å²) in [4.78, 5) is 8.91. The van der Waals surface area contributed by atoms with Crippen LogP contribution in [0.3, 0.4) is 0 Å². The van der Waals surface area contributed by atoms with Gasteiger partial charge in [0.1, 0.15) is 36.1 Å². The second-order valence-corrected chi connectivity index (χ2v) is 14.0. The Hall–Kier alpha value is -4.39. The van der Waals surface area contributed by atoms with Gasteiger partial charge in [-0.25, -0.2) is 27.2 Å². The summed E-state index contributed by atoms with van der Waals surface area (Å²) in [5.74, 6) is -0.115. The molecule has 2 atom stereocenters. The first-order valence-corrected chi connectivity index (χ1v) is 17.2. The Morgan fingerprint density at radius 1 is 1.02 bits per heavy atom. The van der Waals surface area contributed by atoms with E-state index in [0.717, 1.165) is 0 Å². The number of nitrogens with zero attached hydrogens (tertiary/aromatic N) is 2. The molecule has 0 spiro atoms. The van der Waals surface area contributed by atoms with Gasteiger partial charge in [0, 0.05) is 29.1 Å². The van der Waals surface area contributed by atoms with Crippen LogP contribution in [0.1, 0.15) is 24.5 Å². The molecule has 6 rings (SSSR count). The Balaban J connectivity index is 1.22. The lowest BCUT2D eigenvalue weighted by molar-refractivity contribution is -0.0981. The number of hydrogen-bond acceptors (Lipinski definition) is 8. The van der Waals surface area contributed by atoms with Gasteiger partial charge in [0.2, 0.25) is 0 Å². The summed E-state index contributed by atoms with van der Waals surface area (Å²) >= 11 is 3.54. The summed E-state index contributed by atoms with van der Waals surface area (Å²) in [5.41, 5.74) is 0.734. The predicted octanol–water partition coefficient (Wildman–Crippen LogP) is 8.00. The molecule has 8 nitrogen and oxygen atoms in total. The van der Waals surface area contributed by atoms with E-state index in [4.69, 9.17) is 14.2 Å². The van der Waals surface area contributed by atoms with Crippen LogP contribution in [0, 0.1) is 11.6 Å². The molecule has 1 aromatic heterocycles. The lowest BCUT2D eigenvalue weighted by Gasteiger charge is -2.35. The summed E-state index contributed by atoms with van der Waals surface area (Å²) in [7, 11) is -3.57. The summed E-state index contributed by atoms with van der Waals surface area (Å²) in [6.07, 6.45) is 4.22. The molecule has 242 valence electrons. The van der Waals surface area contributed by atoms with E-state index < -0.39 is 27.4 Å². The van der Waals surface area contributed by atoms with Crippen LogP contribution in [0.15, 0.2) is 113 Å². The molecule has 0 radical (unpaired) electrons. The third kappa shape index (κ3) is 7.14. The molecule has 0 aliphatic carbocycles. The number of anilines is 2. The Labute approximate surface area is 279 Å². The first kappa shape index (κ1) is 32.5. The van der Waals surface area contributed by atoms with Gasteiger partial charge in [0.15, 0.2) is 15.4 Å². The minimum absolute atomic E-state index is 0.106. The molecule has 0 fully saturated rings. The second kappa shape index (κ2) is 13.8. The largest absolute Gasteiger partial charge is 0.488 e. The number of nitrogens with one attached hydrogen (secondary N) is 1. The van der Waals surface area contributed by atoms with Crippen LogP contribution in [0.2, 0.25) is 0 Å². The van der Waals surface area contributed by atoms with Gasteiger partial charge in [0.25, 0.3) is 0 Å². The zero-order valence-electron chi connectivity index (χ0n) is 25.2. The van der Waals surface area contributed by atoms with Crippen LogP contribution >= 0.6 is 15.9 Å². The molecular formula is C35H30BrF2N3O5S. The van der Waals surface area contributed by atoms with Gasteiger partial charge in [-0.1, -0.05) is 30.3 Å². The third-order valence-corrected chi connectivity index (χ3v) is 10.2. The fourth-order valence-electron chi connectivity index (χ4n) is 5.43. The van der Waals surface area contributed by atoms with Crippen molar-refractivity contribution in [1.82, 2.24) is 9.97 Å². The second-order valence-electron chi connectivity index (χ2n) is 11.0. The highest BCUT2D eigenvalue weighted by molar-refractivity contribution is 9.10. The number of fused-ring (bicyclic) bond motifs is 1. The summed E-state index contributed by atoms with van der Waals surface area (Å²) in [6.45, 7) is 1.82. The van der Waals surface area contributed by atoms with Crippen molar-refractivity contribution in [2.45, 2.75) is 36.6 Å². The Morgan fingerprint density at radius 2 is 1.85 bits per heavy atom. The van der Waals surface area contributed by atoms with Gasteiger partial charge in [-0.3, -0.25) is 0 Å². The van der Waals surface area contributed by atoms with Crippen LogP contribution in [0.5, 0.6) is 5.75 Å². The highest BCUT2D eigenvalue weighted by Crippen LogP contribution is 2.42. The molecule has 4 aromatic carbocycles. The van der Waals surface area contributed by atoms with Gasteiger partial charge in [-0.05, 0) is 83.0 Å².